The van der Waals surface area contributed by atoms with Crippen LogP contribution in [0.5, 0.6) is 0 Å². The van der Waals surface area contributed by atoms with E-state index in [1.165, 1.54) is 6.42 Å². The van der Waals surface area contributed by atoms with Crippen LogP contribution in [0.3, 0.4) is 0 Å². The molecule has 1 aliphatic carbocycles. The van der Waals surface area contributed by atoms with Gasteiger partial charge in [-0.25, -0.2) is 0 Å². The summed E-state index contributed by atoms with van der Waals surface area (Å²) in [6.45, 7) is 10.7. The number of hydrogen-bond acceptors (Lipinski definition) is 1. The molecule has 0 N–H and O–H groups in total. The van der Waals surface area contributed by atoms with Crippen LogP contribution in [0, 0.1) is 23.2 Å². The van der Waals surface area contributed by atoms with Gasteiger partial charge in [0, 0.05) is 11.3 Å². The minimum absolute atomic E-state index is 0.151. The van der Waals surface area contributed by atoms with Gasteiger partial charge in [-0.3, -0.25) is 4.79 Å². The first-order valence-corrected chi connectivity index (χ1v) is 5.85. The molecule has 0 heterocycles. The number of ketones is 1. The van der Waals surface area contributed by atoms with E-state index in [0.717, 1.165) is 24.7 Å². The highest BCUT2D eigenvalue weighted by atomic mass is 16.1. The Morgan fingerprint density at radius 2 is 1.43 bits per heavy atom. The molecule has 0 amide bonds. The van der Waals surface area contributed by atoms with Crippen molar-refractivity contribution in [2.75, 3.05) is 0 Å². The minimum atomic E-state index is -0.151. The first kappa shape index (κ1) is 11.7. The zero-order valence-electron chi connectivity index (χ0n) is 10.3. The lowest BCUT2D eigenvalue weighted by Crippen LogP contribution is -2.33. The first-order chi connectivity index (χ1) is 6.30. The fraction of sp³-hybridized carbons (Fsp3) is 0.923. The third kappa shape index (κ3) is 2.83. The molecule has 0 aliphatic heterocycles. The van der Waals surface area contributed by atoms with Gasteiger partial charge in [-0.1, -0.05) is 34.6 Å². The van der Waals surface area contributed by atoms with Crippen LogP contribution in [-0.4, -0.2) is 5.78 Å². The van der Waals surface area contributed by atoms with Crippen molar-refractivity contribution in [3.63, 3.8) is 0 Å². The average molecular weight is 196 g/mol. The van der Waals surface area contributed by atoms with E-state index in [1.54, 1.807) is 0 Å². The largest absolute Gasteiger partial charge is 0.299 e. The molecule has 1 fully saturated rings. The van der Waals surface area contributed by atoms with Crippen LogP contribution in [0.2, 0.25) is 0 Å². The van der Waals surface area contributed by atoms with Crippen molar-refractivity contribution in [1.82, 2.24) is 0 Å². The Bertz CT molecular complexity index is 202. The van der Waals surface area contributed by atoms with Crippen LogP contribution < -0.4 is 0 Å². The Balaban J connectivity index is 2.64. The predicted octanol–water partition coefficient (Wildman–Crippen LogP) is 3.67. The number of rotatable bonds is 1. The Kier molecular flexibility index (Phi) is 3.39. The number of carbonyl (C=O) groups is 1. The van der Waals surface area contributed by atoms with Gasteiger partial charge in [0.25, 0.3) is 0 Å². The highest BCUT2D eigenvalue weighted by molar-refractivity contribution is 5.86. The van der Waals surface area contributed by atoms with Crippen molar-refractivity contribution in [1.29, 1.82) is 0 Å². The van der Waals surface area contributed by atoms with Crippen LogP contribution >= 0.6 is 0 Å². The zero-order chi connectivity index (χ0) is 10.9. The second-order valence-electron chi connectivity index (χ2n) is 6.23. The molecule has 0 bridgehead atoms. The molecular formula is C13H24O. The molecular weight excluding hydrogens is 172 g/mol. The predicted molar refractivity (Wildman–Crippen MR) is 60.1 cm³/mol. The Morgan fingerprint density at radius 3 is 1.79 bits per heavy atom. The molecule has 1 saturated carbocycles. The third-order valence-electron chi connectivity index (χ3n) is 3.29. The van der Waals surface area contributed by atoms with Crippen molar-refractivity contribution < 1.29 is 4.79 Å². The summed E-state index contributed by atoms with van der Waals surface area (Å²) >= 11 is 0. The standard InChI is InChI=1S/C13H24O/c1-9-6-10(2)8-11(7-9)12(14)13(3,4)5/h9-11H,6-8H2,1-5H3. The fourth-order valence-corrected chi connectivity index (χ4v) is 2.77. The van der Waals surface area contributed by atoms with E-state index in [2.05, 4.69) is 13.8 Å². The van der Waals surface area contributed by atoms with E-state index in [4.69, 9.17) is 0 Å². The molecule has 2 atom stereocenters. The van der Waals surface area contributed by atoms with E-state index in [9.17, 15) is 4.79 Å². The molecule has 0 aromatic rings. The van der Waals surface area contributed by atoms with Gasteiger partial charge in [-0.2, -0.15) is 0 Å². The monoisotopic (exact) mass is 196 g/mol. The summed E-state index contributed by atoms with van der Waals surface area (Å²) in [5, 5.41) is 0. The molecule has 0 saturated heterocycles. The maximum absolute atomic E-state index is 12.1. The molecule has 1 heteroatoms. The fourth-order valence-electron chi connectivity index (χ4n) is 2.77. The molecule has 1 nitrogen and oxygen atoms in total. The summed E-state index contributed by atoms with van der Waals surface area (Å²) in [6.07, 6.45) is 3.52. The topological polar surface area (TPSA) is 17.1 Å². The molecule has 0 aromatic heterocycles. The highest BCUT2D eigenvalue weighted by Gasteiger charge is 2.34. The van der Waals surface area contributed by atoms with Crippen LogP contribution in [0.4, 0.5) is 0 Å². The lowest BCUT2D eigenvalue weighted by molar-refractivity contribution is -0.132. The van der Waals surface area contributed by atoms with Crippen molar-refractivity contribution in [2.24, 2.45) is 23.2 Å². The maximum Gasteiger partial charge on any atom is 0.141 e. The van der Waals surface area contributed by atoms with Gasteiger partial charge in [-0.15, -0.1) is 0 Å². The summed E-state index contributed by atoms with van der Waals surface area (Å²) < 4.78 is 0. The molecule has 1 aliphatic rings. The van der Waals surface area contributed by atoms with E-state index < -0.39 is 0 Å². The summed E-state index contributed by atoms with van der Waals surface area (Å²) in [5.41, 5.74) is -0.151. The van der Waals surface area contributed by atoms with E-state index in [1.807, 2.05) is 20.8 Å². The molecule has 2 unspecified atom stereocenters. The van der Waals surface area contributed by atoms with Gasteiger partial charge in [0.15, 0.2) is 0 Å². The highest BCUT2D eigenvalue weighted by Crippen LogP contribution is 2.36. The zero-order valence-corrected chi connectivity index (χ0v) is 10.3. The summed E-state index contributed by atoms with van der Waals surface area (Å²) in [6, 6.07) is 0. The molecule has 0 radical (unpaired) electrons. The van der Waals surface area contributed by atoms with Crippen LogP contribution in [0.15, 0.2) is 0 Å². The van der Waals surface area contributed by atoms with Crippen LogP contribution in [0.1, 0.15) is 53.9 Å². The van der Waals surface area contributed by atoms with Crippen LogP contribution in [0.25, 0.3) is 0 Å². The van der Waals surface area contributed by atoms with Crippen molar-refractivity contribution in [3.05, 3.63) is 0 Å². The SMILES string of the molecule is CC1CC(C)CC(C(=O)C(C)(C)C)C1. The van der Waals surface area contributed by atoms with Crippen molar-refractivity contribution >= 4 is 5.78 Å². The number of carbonyl (C=O) groups excluding carboxylic acids is 1. The van der Waals surface area contributed by atoms with Crippen LogP contribution in [-0.2, 0) is 4.79 Å². The molecule has 1 rings (SSSR count). The van der Waals surface area contributed by atoms with E-state index >= 15 is 0 Å². The second-order valence-corrected chi connectivity index (χ2v) is 6.23. The van der Waals surface area contributed by atoms with Gasteiger partial charge in [0.1, 0.15) is 5.78 Å². The number of Topliss-reactive ketones (excluding diaryl/α,β-unsaturated/α-hetero) is 1. The normalized spacial score (nSPS) is 34.2. The lowest BCUT2D eigenvalue weighted by atomic mass is 9.70. The van der Waals surface area contributed by atoms with E-state index in [0.29, 0.717) is 11.7 Å². The van der Waals surface area contributed by atoms with Gasteiger partial charge in [0.05, 0.1) is 0 Å². The van der Waals surface area contributed by atoms with E-state index in [-0.39, 0.29) is 5.41 Å². The van der Waals surface area contributed by atoms with Gasteiger partial charge in [-0.05, 0) is 31.1 Å². The lowest BCUT2D eigenvalue weighted by Gasteiger charge is -2.33. The number of hydrogen-bond donors (Lipinski definition) is 0. The summed E-state index contributed by atoms with van der Waals surface area (Å²) in [7, 11) is 0. The maximum atomic E-state index is 12.1. The Morgan fingerprint density at radius 1 is 1.00 bits per heavy atom. The Hall–Kier alpha value is -0.330. The summed E-state index contributed by atoms with van der Waals surface area (Å²) in [5.74, 6) is 2.26. The second kappa shape index (κ2) is 4.04. The average Bonchev–Trinajstić information content (AvgIpc) is 1.99. The minimum Gasteiger partial charge on any atom is -0.299 e. The summed E-state index contributed by atoms with van der Waals surface area (Å²) in [4.78, 5) is 12.1. The van der Waals surface area contributed by atoms with Gasteiger partial charge in [0.2, 0.25) is 0 Å². The molecule has 0 aromatic carbocycles. The molecule has 82 valence electrons. The third-order valence-corrected chi connectivity index (χ3v) is 3.29. The van der Waals surface area contributed by atoms with Gasteiger partial charge >= 0.3 is 0 Å². The van der Waals surface area contributed by atoms with Crippen molar-refractivity contribution in [2.45, 2.75) is 53.9 Å². The Labute approximate surface area is 88.3 Å². The van der Waals surface area contributed by atoms with Crippen molar-refractivity contribution in [3.8, 4) is 0 Å². The van der Waals surface area contributed by atoms with Gasteiger partial charge < -0.3 is 0 Å². The quantitative estimate of drug-likeness (QED) is 0.625. The molecule has 0 spiro atoms. The smallest absolute Gasteiger partial charge is 0.141 e. The first-order valence-electron chi connectivity index (χ1n) is 5.85. The molecule has 14 heavy (non-hydrogen) atoms.